The number of carbonyl (C=O) groups is 2. The number of esters is 1. The third kappa shape index (κ3) is 1.85. The van der Waals surface area contributed by atoms with E-state index in [0.29, 0.717) is 11.1 Å². The Hall–Kier alpha value is -2.66. The summed E-state index contributed by atoms with van der Waals surface area (Å²) in [4.78, 5) is 26.9. The molecule has 24 heavy (non-hydrogen) atoms. The summed E-state index contributed by atoms with van der Waals surface area (Å²) in [5.74, 6) is -0.875. The SMILES string of the molecule is COC(=O)C1(O)C[C@@H]2c3ccccc3C(=O)N2C1c1ccccc1. The van der Waals surface area contributed by atoms with Crippen LogP contribution in [0.4, 0.5) is 0 Å². The highest BCUT2D eigenvalue weighted by Gasteiger charge is 2.61. The lowest BCUT2D eigenvalue weighted by Gasteiger charge is -2.31. The number of nitrogens with zero attached hydrogens (tertiary/aromatic N) is 1. The number of aliphatic hydroxyl groups is 1. The van der Waals surface area contributed by atoms with Gasteiger partial charge in [-0.15, -0.1) is 0 Å². The van der Waals surface area contributed by atoms with Crippen molar-refractivity contribution in [2.24, 2.45) is 0 Å². The minimum Gasteiger partial charge on any atom is -0.467 e. The molecule has 1 saturated heterocycles. The molecule has 0 spiro atoms. The van der Waals surface area contributed by atoms with E-state index < -0.39 is 17.6 Å². The monoisotopic (exact) mass is 323 g/mol. The fourth-order valence-electron chi connectivity index (χ4n) is 4.00. The summed E-state index contributed by atoms with van der Waals surface area (Å²) in [6.07, 6.45) is 0.127. The summed E-state index contributed by atoms with van der Waals surface area (Å²) >= 11 is 0. The van der Waals surface area contributed by atoms with E-state index in [0.717, 1.165) is 5.56 Å². The highest BCUT2D eigenvalue weighted by atomic mass is 16.5. The normalized spacial score (nSPS) is 27.8. The fourth-order valence-corrected chi connectivity index (χ4v) is 4.00. The van der Waals surface area contributed by atoms with Gasteiger partial charge < -0.3 is 14.7 Å². The van der Waals surface area contributed by atoms with Gasteiger partial charge in [-0.1, -0.05) is 48.5 Å². The predicted octanol–water partition coefficient (Wildman–Crippen LogP) is 2.23. The second kappa shape index (κ2) is 5.18. The Morgan fingerprint density at radius 2 is 1.83 bits per heavy atom. The number of hydrogen-bond acceptors (Lipinski definition) is 4. The van der Waals surface area contributed by atoms with Crippen molar-refractivity contribution in [3.8, 4) is 0 Å². The average Bonchev–Trinajstić information content (AvgIpc) is 3.08. The van der Waals surface area contributed by atoms with Crippen LogP contribution in [0.2, 0.25) is 0 Å². The Balaban J connectivity index is 1.89. The van der Waals surface area contributed by atoms with Crippen LogP contribution in [-0.2, 0) is 9.53 Å². The number of carbonyl (C=O) groups excluding carboxylic acids is 2. The van der Waals surface area contributed by atoms with Gasteiger partial charge in [0.25, 0.3) is 5.91 Å². The van der Waals surface area contributed by atoms with Crippen molar-refractivity contribution in [3.05, 3.63) is 71.3 Å². The lowest BCUT2D eigenvalue weighted by Crippen LogP contribution is -2.46. The van der Waals surface area contributed by atoms with Crippen LogP contribution >= 0.6 is 0 Å². The van der Waals surface area contributed by atoms with Crippen LogP contribution in [0.25, 0.3) is 0 Å². The van der Waals surface area contributed by atoms with Gasteiger partial charge in [0.15, 0.2) is 5.60 Å². The molecule has 5 nitrogen and oxygen atoms in total. The highest BCUT2D eigenvalue weighted by molar-refractivity contribution is 6.01. The minimum absolute atomic E-state index is 0.127. The van der Waals surface area contributed by atoms with Crippen molar-refractivity contribution in [2.75, 3.05) is 7.11 Å². The maximum atomic E-state index is 12.9. The van der Waals surface area contributed by atoms with Crippen LogP contribution in [0.3, 0.4) is 0 Å². The summed E-state index contributed by atoms with van der Waals surface area (Å²) in [5, 5.41) is 11.2. The summed E-state index contributed by atoms with van der Waals surface area (Å²) in [6.45, 7) is 0. The molecule has 122 valence electrons. The quantitative estimate of drug-likeness (QED) is 0.861. The third-order valence-corrected chi connectivity index (χ3v) is 5.01. The molecule has 1 fully saturated rings. The van der Waals surface area contributed by atoms with Crippen LogP contribution in [0, 0.1) is 0 Å². The van der Waals surface area contributed by atoms with Crippen molar-refractivity contribution >= 4 is 11.9 Å². The second-order valence-electron chi connectivity index (χ2n) is 6.25. The smallest absolute Gasteiger partial charge is 0.340 e. The summed E-state index contributed by atoms with van der Waals surface area (Å²) in [5.41, 5.74) is 0.442. The van der Waals surface area contributed by atoms with Gasteiger partial charge in [-0.2, -0.15) is 0 Å². The molecule has 1 N–H and O–H groups in total. The molecule has 0 radical (unpaired) electrons. The first-order valence-corrected chi connectivity index (χ1v) is 7.85. The lowest BCUT2D eigenvalue weighted by atomic mass is 9.86. The maximum Gasteiger partial charge on any atom is 0.340 e. The first-order chi connectivity index (χ1) is 11.6. The molecule has 0 saturated carbocycles. The van der Waals surface area contributed by atoms with Crippen LogP contribution in [-0.4, -0.2) is 34.6 Å². The van der Waals surface area contributed by atoms with Gasteiger partial charge in [0.2, 0.25) is 0 Å². The molecular formula is C19H17NO4. The minimum atomic E-state index is -1.76. The van der Waals surface area contributed by atoms with Gasteiger partial charge in [-0.3, -0.25) is 4.79 Å². The number of benzene rings is 2. The molecule has 2 aromatic carbocycles. The van der Waals surface area contributed by atoms with Crippen molar-refractivity contribution in [2.45, 2.75) is 24.1 Å². The number of ether oxygens (including phenoxy) is 1. The van der Waals surface area contributed by atoms with E-state index >= 15 is 0 Å². The highest BCUT2D eigenvalue weighted by Crippen LogP contribution is 2.54. The van der Waals surface area contributed by atoms with E-state index in [1.54, 1.807) is 11.0 Å². The lowest BCUT2D eigenvalue weighted by molar-refractivity contribution is -0.164. The topological polar surface area (TPSA) is 66.8 Å². The van der Waals surface area contributed by atoms with Crippen LogP contribution in [0.5, 0.6) is 0 Å². The number of rotatable bonds is 2. The standard InChI is InChI=1S/C19H17NO4/c1-24-18(22)19(23)11-15-13-9-5-6-10-14(13)17(21)20(15)16(19)12-7-3-2-4-8-12/h2-10,15-16,23H,11H2,1H3/t15-,16?,19?/m1/s1. The van der Waals surface area contributed by atoms with Gasteiger partial charge in [0, 0.05) is 12.0 Å². The molecule has 2 aromatic rings. The third-order valence-electron chi connectivity index (χ3n) is 5.01. The zero-order valence-electron chi connectivity index (χ0n) is 13.2. The van der Waals surface area contributed by atoms with E-state index in [2.05, 4.69) is 0 Å². The molecule has 0 aliphatic carbocycles. The van der Waals surface area contributed by atoms with Gasteiger partial charge in [-0.25, -0.2) is 4.79 Å². The predicted molar refractivity (Wildman–Crippen MR) is 86.1 cm³/mol. The second-order valence-corrected chi connectivity index (χ2v) is 6.25. The molecule has 5 heteroatoms. The Bertz CT molecular complexity index is 819. The first-order valence-electron chi connectivity index (χ1n) is 7.85. The van der Waals surface area contributed by atoms with E-state index in [-0.39, 0.29) is 18.4 Å². The molecule has 0 aromatic heterocycles. The van der Waals surface area contributed by atoms with Crippen molar-refractivity contribution < 1.29 is 19.4 Å². The molecule has 1 amide bonds. The molecule has 4 rings (SSSR count). The Kier molecular flexibility index (Phi) is 3.21. The zero-order valence-corrected chi connectivity index (χ0v) is 13.2. The summed E-state index contributed by atoms with van der Waals surface area (Å²) in [7, 11) is 1.25. The maximum absolute atomic E-state index is 12.9. The average molecular weight is 323 g/mol. The number of amides is 1. The van der Waals surface area contributed by atoms with Crippen LogP contribution in [0.1, 0.15) is 40.0 Å². The van der Waals surface area contributed by atoms with E-state index in [9.17, 15) is 14.7 Å². The molecular weight excluding hydrogens is 306 g/mol. The molecule has 2 heterocycles. The van der Waals surface area contributed by atoms with Gasteiger partial charge >= 0.3 is 5.97 Å². The molecule has 2 unspecified atom stereocenters. The van der Waals surface area contributed by atoms with Crippen molar-refractivity contribution in [1.82, 2.24) is 4.90 Å². The first kappa shape index (κ1) is 14.9. The van der Waals surface area contributed by atoms with Gasteiger partial charge in [0.1, 0.15) is 0 Å². The number of methoxy groups -OCH3 is 1. The van der Waals surface area contributed by atoms with Crippen LogP contribution < -0.4 is 0 Å². The zero-order chi connectivity index (χ0) is 16.9. The van der Waals surface area contributed by atoms with E-state index in [1.807, 2.05) is 48.5 Å². The molecule has 3 atom stereocenters. The summed E-state index contributed by atoms with van der Waals surface area (Å²) < 4.78 is 4.85. The fraction of sp³-hybridized carbons (Fsp3) is 0.263. The van der Waals surface area contributed by atoms with Gasteiger partial charge in [-0.05, 0) is 17.2 Å². The molecule has 2 aliphatic heterocycles. The van der Waals surface area contributed by atoms with Crippen molar-refractivity contribution in [3.63, 3.8) is 0 Å². The van der Waals surface area contributed by atoms with Crippen molar-refractivity contribution in [1.29, 1.82) is 0 Å². The largest absolute Gasteiger partial charge is 0.467 e. The Morgan fingerprint density at radius 3 is 2.54 bits per heavy atom. The van der Waals surface area contributed by atoms with E-state index in [1.165, 1.54) is 7.11 Å². The Labute approximate surface area is 139 Å². The van der Waals surface area contributed by atoms with Gasteiger partial charge in [0.05, 0.1) is 19.2 Å². The molecule has 0 bridgehead atoms. The summed E-state index contributed by atoms with van der Waals surface area (Å²) in [6, 6.07) is 15.4. The Morgan fingerprint density at radius 1 is 1.17 bits per heavy atom. The van der Waals surface area contributed by atoms with E-state index in [4.69, 9.17) is 4.74 Å². The molecule has 2 aliphatic rings. The number of fused-ring (bicyclic) bond motifs is 3. The number of hydrogen-bond donors (Lipinski definition) is 1. The van der Waals surface area contributed by atoms with Crippen LogP contribution in [0.15, 0.2) is 54.6 Å².